The maximum absolute atomic E-state index is 12.4. The molecule has 0 spiro atoms. The smallest absolute Gasteiger partial charge is 0.244 e. The van der Waals surface area contributed by atoms with Crippen LogP contribution in [0.3, 0.4) is 0 Å². The minimum Gasteiger partial charge on any atom is -0.384 e. The first kappa shape index (κ1) is 15.0. The second-order valence-electron chi connectivity index (χ2n) is 4.26. The third-order valence-corrected chi connectivity index (χ3v) is 5.37. The van der Waals surface area contributed by atoms with Crippen LogP contribution in [0.2, 0.25) is 0 Å². The van der Waals surface area contributed by atoms with Crippen LogP contribution in [-0.2, 0) is 10.0 Å². The number of hydrogen-bond donors (Lipinski definition) is 2. The lowest BCUT2D eigenvalue weighted by Gasteiger charge is -2.15. The Balaban J connectivity index is 2.27. The molecule has 0 radical (unpaired) electrons. The van der Waals surface area contributed by atoms with Crippen molar-refractivity contribution < 1.29 is 8.42 Å². The first-order chi connectivity index (χ1) is 9.54. The molecule has 2 rings (SSSR count). The maximum atomic E-state index is 12.4. The van der Waals surface area contributed by atoms with E-state index >= 15 is 0 Å². The predicted octanol–water partition coefficient (Wildman–Crippen LogP) is 2.61. The van der Waals surface area contributed by atoms with E-state index in [1.165, 1.54) is 17.5 Å². The fourth-order valence-corrected chi connectivity index (χ4v) is 3.98. The van der Waals surface area contributed by atoms with Crippen LogP contribution in [0.1, 0.15) is 24.8 Å². The average molecular weight is 311 g/mol. The molecule has 0 aliphatic rings. The predicted molar refractivity (Wildman–Crippen MR) is 81.5 cm³/mol. The van der Waals surface area contributed by atoms with Crippen molar-refractivity contribution in [3.05, 3.63) is 40.8 Å². The molecule has 2 heterocycles. The van der Waals surface area contributed by atoms with Crippen LogP contribution < -0.4 is 10.0 Å². The molecule has 0 saturated carbocycles. The summed E-state index contributed by atoms with van der Waals surface area (Å²) in [5, 5.41) is 4.96. The highest BCUT2D eigenvalue weighted by Gasteiger charge is 2.22. The molecule has 20 heavy (non-hydrogen) atoms. The van der Waals surface area contributed by atoms with E-state index in [1.54, 1.807) is 12.3 Å². The van der Waals surface area contributed by atoms with Crippen molar-refractivity contribution in [2.45, 2.75) is 24.8 Å². The first-order valence-corrected chi connectivity index (χ1v) is 8.64. The Morgan fingerprint density at radius 3 is 2.85 bits per heavy atom. The number of nitrogens with one attached hydrogen (secondary N) is 2. The van der Waals surface area contributed by atoms with E-state index in [9.17, 15) is 8.42 Å². The Morgan fingerprint density at radius 2 is 2.20 bits per heavy atom. The number of anilines is 1. The number of hydrogen-bond acceptors (Lipinski definition) is 5. The Morgan fingerprint density at radius 1 is 1.40 bits per heavy atom. The zero-order valence-electron chi connectivity index (χ0n) is 11.3. The van der Waals surface area contributed by atoms with Gasteiger partial charge in [0.05, 0.1) is 11.7 Å². The van der Waals surface area contributed by atoms with Gasteiger partial charge >= 0.3 is 0 Å². The van der Waals surface area contributed by atoms with Gasteiger partial charge in [0.1, 0.15) is 4.90 Å². The summed E-state index contributed by atoms with van der Waals surface area (Å²) < 4.78 is 27.6. The van der Waals surface area contributed by atoms with Crippen LogP contribution >= 0.6 is 11.3 Å². The van der Waals surface area contributed by atoms with Gasteiger partial charge in [0.15, 0.2) is 0 Å². The number of aromatic nitrogens is 1. The summed E-state index contributed by atoms with van der Waals surface area (Å²) >= 11 is 1.52. The third-order valence-electron chi connectivity index (χ3n) is 2.74. The summed E-state index contributed by atoms with van der Waals surface area (Å²) in [4.78, 5) is 5.05. The van der Waals surface area contributed by atoms with E-state index in [4.69, 9.17) is 0 Å². The monoisotopic (exact) mass is 311 g/mol. The minimum atomic E-state index is -3.61. The minimum absolute atomic E-state index is 0.172. The molecule has 0 aliphatic carbocycles. The molecule has 2 aromatic rings. The van der Waals surface area contributed by atoms with Crippen molar-refractivity contribution in [1.82, 2.24) is 9.71 Å². The van der Waals surface area contributed by atoms with Gasteiger partial charge in [0, 0.05) is 23.8 Å². The molecule has 5 nitrogen and oxygen atoms in total. The zero-order valence-corrected chi connectivity index (χ0v) is 13.0. The normalized spacial score (nSPS) is 13.1. The molecule has 0 fully saturated rings. The molecular formula is C13H17N3O2S2. The number of nitrogens with zero attached hydrogens (tertiary/aromatic N) is 1. The van der Waals surface area contributed by atoms with Gasteiger partial charge in [0.2, 0.25) is 10.0 Å². The van der Waals surface area contributed by atoms with Gasteiger partial charge in [-0.05, 0) is 31.4 Å². The van der Waals surface area contributed by atoms with Crippen molar-refractivity contribution in [3.63, 3.8) is 0 Å². The lowest BCUT2D eigenvalue weighted by molar-refractivity contribution is 0.568. The van der Waals surface area contributed by atoms with Gasteiger partial charge in [-0.15, -0.1) is 11.3 Å². The quantitative estimate of drug-likeness (QED) is 0.860. The van der Waals surface area contributed by atoms with Gasteiger partial charge in [-0.2, -0.15) is 0 Å². The topological polar surface area (TPSA) is 71.1 Å². The Labute approximate surface area is 123 Å². The van der Waals surface area contributed by atoms with Gasteiger partial charge < -0.3 is 5.32 Å². The molecule has 0 aromatic carbocycles. The number of pyridine rings is 1. The second kappa shape index (κ2) is 6.34. The van der Waals surface area contributed by atoms with Crippen LogP contribution in [0.5, 0.6) is 0 Å². The van der Waals surface area contributed by atoms with E-state index in [1.807, 2.05) is 31.4 Å². The Bertz CT molecular complexity index is 654. The molecular weight excluding hydrogens is 294 g/mol. The summed E-state index contributed by atoms with van der Waals surface area (Å²) in [7, 11) is -3.61. The molecule has 7 heteroatoms. The average Bonchev–Trinajstić information content (AvgIpc) is 2.93. The Hall–Kier alpha value is -1.44. The molecule has 1 unspecified atom stereocenters. The van der Waals surface area contributed by atoms with Crippen molar-refractivity contribution >= 4 is 27.0 Å². The van der Waals surface area contributed by atoms with Crippen molar-refractivity contribution in [1.29, 1.82) is 0 Å². The lowest BCUT2D eigenvalue weighted by atomic mass is 10.3. The summed E-state index contributed by atoms with van der Waals surface area (Å²) in [5.41, 5.74) is 0.563. The number of rotatable bonds is 6. The van der Waals surface area contributed by atoms with Crippen molar-refractivity contribution in [3.8, 4) is 0 Å². The van der Waals surface area contributed by atoms with E-state index < -0.39 is 10.0 Å². The zero-order chi connectivity index (χ0) is 14.6. The third kappa shape index (κ3) is 3.36. The van der Waals surface area contributed by atoms with Crippen molar-refractivity contribution in [2.75, 3.05) is 11.9 Å². The largest absolute Gasteiger partial charge is 0.384 e. The highest BCUT2D eigenvalue weighted by Crippen LogP contribution is 2.24. The summed E-state index contributed by atoms with van der Waals surface area (Å²) in [6.45, 7) is 4.39. The highest BCUT2D eigenvalue weighted by atomic mass is 32.2. The number of thiophene rings is 1. The standard InChI is InChI=1S/C13H17N3O2S2/c1-3-15-11-6-7-14-9-13(11)20(17,18)16-10(2)12-5-4-8-19-12/h4-10,16H,3H2,1-2H3,(H,14,15). The van der Waals surface area contributed by atoms with Crippen LogP contribution in [0.4, 0.5) is 5.69 Å². The van der Waals surface area contributed by atoms with Gasteiger partial charge in [0.25, 0.3) is 0 Å². The van der Waals surface area contributed by atoms with Gasteiger partial charge in [-0.25, -0.2) is 13.1 Å². The lowest BCUT2D eigenvalue weighted by Crippen LogP contribution is -2.27. The van der Waals surface area contributed by atoms with E-state index in [0.717, 1.165) is 4.88 Å². The molecule has 0 bridgehead atoms. The first-order valence-electron chi connectivity index (χ1n) is 6.28. The molecule has 2 N–H and O–H groups in total. The fraction of sp³-hybridized carbons (Fsp3) is 0.308. The molecule has 2 aromatic heterocycles. The molecule has 108 valence electrons. The SMILES string of the molecule is CCNc1ccncc1S(=O)(=O)NC(C)c1cccs1. The second-order valence-corrected chi connectivity index (χ2v) is 6.92. The molecule has 0 amide bonds. The summed E-state index contributed by atoms with van der Waals surface area (Å²) in [6, 6.07) is 5.20. The van der Waals surface area contributed by atoms with Crippen LogP contribution in [0, 0.1) is 0 Å². The summed E-state index contributed by atoms with van der Waals surface area (Å²) in [6.07, 6.45) is 2.93. The molecule has 0 saturated heterocycles. The van der Waals surface area contributed by atoms with Gasteiger partial charge in [-0.3, -0.25) is 4.98 Å². The Kier molecular flexibility index (Phi) is 4.74. The van der Waals surface area contributed by atoms with E-state index in [2.05, 4.69) is 15.0 Å². The van der Waals surface area contributed by atoms with Gasteiger partial charge in [-0.1, -0.05) is 6.07 Å². The molecule has 1 atom stereocenters. The van der Waals surface area contributed by atoms with Crippen LogP contribution in [-0.4, -0.2) is 19.9 Å². The van der Waals surface area contributed by atoms with Crippen LogP contribution in [0.25, 0.3) is 0 Å². The highest BCUT2D eigenvalue weighted by molar-refractivity contribution is 7.89. The van der Waals surface area contributed by atoms with Crippen LogP contribution in [0.15, 0.2) is 40.9 Å². The molecule has 0 aliphatic heterocycles. The summed E-state index contributed by atoms with van der Waals surface area (Å²) in [5.74, 6) is 0. The fourth-order valence-electron chi connectivity index (χ4n) is 1.82. The van der Waals surface area contributed by atoms with E-state index in [0.29, 0.717) is 12.2 Å². The maximum Gasteiger partial charge on any atom is 0.244 e. The van der Waals surface area contributed by atoms with E-state index in [-0.39, 0.29) is 10.9 Å². The number of sulfonamides is 1. The van der Waals surface area contributed by atoms with Crippen molar-refractivity contribution in [2.24, 2.45) is 0 Å².